The summed E-state index contributed by atoms with van der Waals surface area (Å²) >= 11 is 0. The SMILES string of the molecule is CCOC(=O)Cc1coc2cc(NC)ccc12. The Balaban J connectivity index is 2.27. The molecule has 0 atom stereocenters. The predicted octanol–water partition coefficient (Wildman–Crippen LogP) is 2.58. The molecule has 1 N–H and O–H groups in total. The molecule has 0 aliphatic carbocycles. The Hall–Kier alpha value is -1.97. The highest BCUT2D eigenvalue weighted by Gasteiger charge is 2.11. The van der Waals surface area contributed by atoms with E-state index in [4.69, 9.17) is 9.15 Å². The van der Waals surface area contributed by atoms with E-state index in [0.29, 0.717) is 6.61 Å². The standard InChI is InChI=1S/C13H15NO3/c1-3-16-13(15)6-9-8-17-12-7-10(14-2)4-5-11(9)12/h4-5,7-8,14H,3,6H2,1-2H3. The number of esters is 1. The Morgan fingerprint density at radius 3 is 3.00 bits per heavy atom. The van der Waals surface area contributed by atoms with Crippen LogP contribution in [0.15, 0.2) is 28.9 Å². The van der Waals surface area contributed by atoms with Gasteiger partial charge in [-0.2, -0.15) is 0 Å². The molecular formula is C13H15NO3. The minimum absolute atomic E-state index is 0.229. The molecule has 1 aromatic carbocycles. The van der Waals surface area contributed by atoms with Crippen molar-refractivity contribution < 1.29 is 13.9 Å². The molecule has 4 nitrogen and oxygen atoms in total. The molecule has 0 radical (unpaired) electrons. The monoisotopic (exact) mass is 233 g/mol. The summed E-state index contributed by atoms with van der Waals surface area (Å²) in [6, 6.07) is 5.80. The third-order valence-corrected chi connectivity index (χ3v) is 2.58. The lowest BCUT2D eigenvalue weighted by molar-refractivity contribution is -0.142. The summed E-state index contributed by atoms with van der Waals surface area (Å²) in [5, 5.41) is 3.99. The first-order valence-corrected chi connectivity index (χ1v) is 5.58. The van der Waals surface area contributed by atoms with Gasteiger partial charge < -0.3 is 14.5 Å². The molecule has 0 amide bonds. The van der Waals surface area contributed by atoms with Gasteiger partial charge in [0, 0.05) is 29.8 Å². The van der Waals surface area contributed by atoms with E-state index in [-0.39, 0.29) is 12.4 Å². The first kappa shape index (κ1) is 11.5. The molecular weight excluding hydrogens is 218 g/mol. The normalized spacial score (nSPS) is 10.5. The van der Waals surface area contributed by atoms with E-state index in [9.17, 15) is 4.79 Å². The highest BCUT2D eigenvalue weighted by molar-refractivity contribution is 5.87. The van der Waals surface area contributed by atoms with Crippen molar-refractivity contribution in [2.24, 2.45) is 0 Å². The Labute approximate surface area is 99.6 Å². The second-order valence-electron chi connectivity index (χ2n) is 3.70. The van der Waals surface area contributed by atoms with Crippen LogP contribution in [-0.4, -0.2) is 19.6 Å². The van der Waals surface area contributed by atoms with Gasteiger partial charge in [0.2, 0.25) is 0 Å². The molecule has 17 heavy (non-hydrogen) atoms. The number of rotatable bonds is 4. The number of hydrogen-bond acceptors (Lipinski definition) is 4. The summed E-state index contributed by atoms with van der Waals surface area (Å²) in [7, 11) is 1.85. The predicted molar refractivity (Wildman–Crippen MR) is 66.1 cm³/mol. The summed E-state index contributed by atoms with van der Waals surface area (Å²) in [5.74, 6) is -0.229. The van der Waals surface area contributed by atoms with Crippen LogP contribution in [0, 0.1) is 0 Å². The molecule has 90 valence electrons. The molecule has 0 fully saturated rings. The smallest absolute Gasteiger partial charge is 0.310 e. The Morgan fingerprint density at radius 1 is 1.47 bits per heavy atom. The third-order valence-electron chi connectivity index (χ3n) is 2.58. The average molecular weight is 233 g/mol. The summed E-state index contributed by atoms with van der Waals surface area (Å²) in [6.07, 6.45) is 1.86. The second kappa shape index (κ2) is 4.91. The third kappa shape index (κ3) is 2.41. The Kier molecular flexibility index (Phi) is 3.32. The molecule has 1 aromatic heterocycles. The number of benzene rings is 1. The zero-order valence-electron chi connectivity index (χ0n) is 9.95. The first-order chi connectivity index (χ1) is 8.24. The maximum absolute atomic E-state index is 11.4. The number of carbonyl (C=O) groups is 1. The van der Waals surface area contributed by atoms with Crippen LogP contribution < -0.4 is 5.32 Å². The highest BCUT2D eigenvalue weighted by atomic mass is 16.5. The number of anilines is 1. The lowest BCUT2D eigenvalue weighted by Crippen LogP contribution is -2.06. The minimum Gasteiger partial charge on any atom is -0.466 e. The second-order valence-corrected chi connectivity index (χ2v) is 3.70. The van der Waals surface area contributed by atoms with Crippen LogP contribution in [0.3, 0.4) is 0 Å². The van der Waals surface area contributed by atoms with Gasteiger partial charge >= 0.3 is 5.97 Å². The zero-order valence-corrected chi connectivity index (χ0v) is 9.95. The molecule has 0 aliphatic rings. The molecule has 0 aliphatic heterocycles. The number of ether oxygens (including phenoxy) is 1. The largest absolute Gasteiger partial charge is 0.466 e. The highest BCUT2D eigenvalue weighted by Crippen LogP contribution is 2.24. The fraction of sp³-hybridized carbons (Fsp3) is 0.308. The van der Waals surface area contributed by atoms with Gasteiger partial charge in [0.25, 0.3) is 0 Å². The van der Waals surface area contributed by atoms with E-state index in [1.807, 2.05) is 25.2 Å². The minimum atomic E-state index is -0.229. The van der Waals surface area contributed by atoms with E-state index in [1.165, 1.54) is 0 Å². The molecule has 1 heterocycles. The van der Waals surface area contributed by atoms with Crippen molar-refractivity contribution in [2.75, 3.05) is 19.0 Å². The van der Waals surface area contributed by atoms with Crippen LogP contribution in [-0.2, 0) is 16.0 Å². The van der Waals surface area contributed by atoms with E-state index in [0.717, 1.165) is 22.2 Å². The summed E-state index contributed by atoms with van der Waals surface area (Å²) < 4.78 is 10.3. The van der Waals surface area contributed by atoms with Crippen molar-refractivity contribution in [3.8, 4) is 0 Å². The van der Waals surface area contributed by atoms with Crippen LogP contribution in [0.5, 0.6) is 0 Å². The van der Waals surface area contributed by atoms with Crippen molar-refractivity contribution in [3.63, 3.8) is 0 Å². The van der Waals surface area contributed by atoms with Gasteiger partial charge in [-0.05, 0) is 19.1 Å². The summed E-state index contributed by atoms with van der Waals surface area (Å²) in [5.41, 5.74) is 2.62. The van der Waals surface area contributed by atoms with Crippen LogP contribution >= 0.6 is 0 Å². The lowest BCUT2D eigenvalue weighted by atomic mass is 10.1. The average Bonchev–Trinajstić information content (AvgIpc) is 2.72. The number of fused-ring (bicyclic) bond motifs is 1. The fourth-order valence-electron chi connectivity index (χ4n) is 1.74. The molecule has 0 bridgehead atoms. The van der Waals surface area contributed by atoms with Gasteiger partial charge in [-0.15, -0.1) is 0 Å². The van der Waals surface area contributed by atoms with Crippen molar-refractivity contribution in [3.05, 3.63) is 30.0 Å². The van der Waals surface area contributed by atoms with Gasteiger partial charge in [0.1, 0.15) is 5.58 Å². The molecule has 4 heteroatoms. The van der Waals surface area contributed by atoms with Gasteiger partial charge in [-0.25, -0.2) is 0 Å². The van der Waals surface area contributed by atoms with Crippen LogP contribution in [0.2, 0.25) is 0 Å². The Bertz CT molecular complexity index is 530. The maximum Gasteiger partial charge on any atom is 0.310 e. The van der Waals surface area contributed by atoms with E-state index in [2.05, 4.69) is 5.32 Å². The van der Waals surface area contributed by atoms with Crippen LogP contribution in [0.25, 0.3) is 11.0 Å². The van der Waals surface area contributed by atoms with E-state index < -0.39 is 0 Å². The summed E-state index contributed by atoms with van der Waals surface area (Å²) in [4.78, 5) is 11.4. The number of furan rings is 1. The van der Waals surface area contributed by atoms with Crippen LogP contribution in [0.4, 0.5) is 5.69 Å². The topological polar surface area (TPSA) is 51.5 Å². The van der Waals surface area contributed by atoms with Gasteiger partial charge in [-0.3, -0.25) is 4.79 Å². The van der Waals surface area contributed by atoms with Crippen molar-refractivity contribution in [1.82, 2.24) is 0 Å². The Morgan fingerprint density at radius 2 is 2.29 bits per heavy atom. The lowest BCUT2D eigenvalue weighted by Gasteiger charge is -2.01. The number of hydrogen-bond donors (Lipinski definition) is 1. The summed E-state index contributed by atoms with van der Waals surface area (Å²) in [6.45, 7) is 2.20. The number of nitrogens with one attached hydrogen (secondary N) is 1. The zero-order chi connectivity index (χ0) is 12.3. The van der Waals surface area contributed by atoms with E-state index in [1.54, 1.807) is 13.2 Å². The van der Waals surface area contributed by atoms with Gasteiger partial charge in [0.05, 0.1) is 19.3 Å². The quantitative estimate of drug-likeness (QED) is 0.825. The van der Waals surface area contributed by atoms with Gasteiger partial charge in [0.15, 0.2) is 0 Å². The van der Waals surface area contributed by atoms with E-state index >= 15 is 0 Å². The fourth-order valence-corrected chi connectivity index (χ4v) is 1.74. The molecule has 0 saturated heterocycles. The molecule has 0 spiro atoms. The van der Waals surface area contributed by atoms with Crippen molar-refractivity contribution in [1.29, 1.82) is 0 Å². The molecule has 0 unspecified atom stereocenters. The first-order valence-electron chi connectivity index (χ1n) is 5.58. The molecule has 2 aromatic rings. The van der Waals surface area contributed by atoms with Crippen LogP contribution in [0.1, 0.15) is 12.5 Å². The number of carbonyl (C=O) groups excluding carboxylic acids is 1. The van der Waals surface area contributed by atoms with Crippen molar-refractivity contribution >= 4 is 22.6 Å². The maximum atomic E-state index is 11.4. The van der Waals surface area contributed by atoms with Gasteiger partial charge in [-0.1, -0.05) is 0 Å². The molecule has 0 saturated carbocycles. The molecule has 2 rings (SSSR count). The van der Waals surface area contributed by atoms with Crippen molar-refractivity contribution in [2.45, 2.75) is 13.3 Å².